The normalized spacial score (nSPS) is 12.3. The number of imidazole rings is 1. The molecule has 0 aliphatic rings. The number of thiol groups is 1. The smallest absolute Gasteiger partial charge is 0.336 e. The third kappa shape index (κ3) is 7.16. The van der Waals surface area contributed by atoms with E-state index in [4.69, 9.17) is 4.74 Å². The van der Waals surface area contributed by atoms with Gasteiger partial charge in [0.25, 0.3) is 6.01 Å². The number of aryl methyl sites for hydroxylation is 1. The second-order valence-corrected chi connectivity index (χ2v) is 10.9. The molecule has 1 aromatic heterocycles. The minimum Gasteiger partial charge on any atom is -0.478 e. The Balaban J connectivity index is 1.91. The number of carboxylic acid groups (broad SMARTS) is 1. The summed E-state index contributed by atoms with van der Waals surface area (Å²) in [5.74, 6) is -1.73. The first kappa shape index (κ1) is 29.2. The highest BCUT2D eigenvalue weighted by Crippen LogP contribution is 2.28. The molecule has 0 saturated heterocycles. The summed E-state index contributed by atoms with van der Waals surface area (Å²) in [6.45, 7) is 10.7. The Morgan fingerprint density at radius 2 is 1.89 bits per heavy atom. The number of carbonyl (C=O) groups is 2. The lowest BCUT2D eigenvalue weighted by atomic mass is 9.90. The Labute approximate surface area is 228 Å². The molecule has 1 heterocycles. The number of nitrogens with zero attached hydrogens (tertiary/aromatic N) is 2. The molecule has 3 rings (SSSR count). The lowest BCUT2D eigenvalue weighted by Gasteiger charge is -2.22. The highest BCUT2D eigenvalue weighted by molar-refractivity contribution is 7.81. The molecule has 1 atom stereocenters. The first-order chi connectivity index (χ1) is 17.9. The van der Waals surface area contributed by atoms with Gasteiger partial charge in [-0.15, -0.1) is 0 Å². The minimum absolute atomic E-state index is 0.0447. The van der Waals surface area contributed by atoms with Crippen molar-refractivity contribution < 1.29 is 23.8 Å². The Hall–Kier alpha value is -3.33. The fourth-order valence-corrected chi connectivity index (χ4v) is 4.93. The molecule has 1 unspecified atom stereocenters. The maximum Gasteiger partial charge on any atom is 0.336 e. The molecule has 204 valence electrons. The summed E-state index contributed by atoms with van der Waals surface area (Å²) >= 11 is 4.49. The molecule has 2 N–H and O–H groups in total. The van der Waals surface area contributed by atoms with Crippen LogP contribution >= 0.6 is 12.6 Å². The van der Waals surface area contributed by atoms with Gasteiger partial charge in [-0.2, -0.15) is 17.6 Å². The average molecular weight is 542 g/mol. The highest BCUT2D eigenvalue weighted by atomic mass is 32.1. The van der Waals surface area contributed by atoms with Crippen molar-refractivity contribution in [1.29, 1.82) is 0 Å². The van der Waals surface area contributed by atoms with Crippen molar-refractivity contribution >= 4 is 24.5 Å². The molecule has 0 bridgehead atoms. The summed E-state index contributed by atoms with van der Waals surface area (Å²) in [5.41, 5.74) is 2.85. The van der Waals surface area contributed by atoms with Crippen LogP contribution in [0.4, 0.5) is 4.39 Å². The van der Waals surface area contributed by atoms with Gasteiger partial charge < -0.3 is 15.2 Å². The number of carboxylic acids is 1. The number of rotatable bonds is 11. The third-order valence-corrected chi connectivity index (χ3v) is 6.53. The van der Waals surface area contributed by atoms with Crippen LogP contribution < -0.4 is 10.1 Å². The van der Waals surface area contributed by atoms with Gasteiger partial charge in [0.2, 0.25) is 5.91 Å². The molecule has 0 fully saturated rings. The molecule has 0 aliphatic carbocycles. The Morgan fingerprint density at radius 3 is 2.50 bits per heavy atom. The predicted octanol–water partition coefficient (Wildman–Crippen LogP) is 5.75. The Bertz CT molecular complexity index is 1300. The van der Waals surface area contributed by atoms with E-state index in [9.17, 15) is 14.7 Å². The topological polar surface area (TPSA) is 93.5 Å². The molecule has 1 amide bonds. The molecule has 0 radical (unpaired) electrons. The second kappa shape index (κ2) is 12.5. The van der Waals surface area contributed by atoms with Crippen molar-refractivity contribution in [3.63, 3.8) is 0 Å². The van der Waals surface area contributed by atoms with Crippen molar-refractivity contribution in [2.45, 2.75) is 65.8 Å². The van der Waals surface area contributed by atoms with Crippen molar-refractivity contribution in [1.82, 2.24) is 14.9 Å². The minimum atomic E-state index is -1.07. The number of benzene rings is 2. The summed E-state index contributed by atoms with van der Waals surface area (Å²) in [7, 11) is 0. The second-order valence-electron chi connectivity index (χ2n) is 10.3. The fraction of sp³-hybridized carbons (Fsp3) is 0.414. The van der Waals surface area contributed by atoms with Crippen LogP contribution in [0.25, 0.3) is 11.1 Å². The van der Waals surface area contributed by atoms with E-state index in [0.717, 1.165) is 11.4 Å². The van der Waals surface area contributed by atoms with Gasteiger partial charge in [-0.05, 0) is 48.4 Å². The summed E-state index contributed by atoms with van der Waals surface area (Å²) in [6.07, 6.45) is 1.23. The van der Waals surface area contributed by atoms with E-state index in [1.54, 1.807) is 34.9 Å². The number of hydrogen-bond donors (Lipinski definition) is 3. The van der Waals surface area contributed by atoms with E-state index in [0.29, 0.717) is 42.1 Å². The number of aromatic nitrogens is 2. The molecule has 38 heavy (non-hydrogen) atoms. The van der Waals surface area contributed by atoms with E-state index < -0.39 is 17.0 Å². The lowest BCUT2D eigenvalue weighted by molar-refractivity contribution is -0.121. The fourth-order valence-electron chi connectivity index (χ4n) is 4.29. The molecule has 7 nitrogen and oxygen atoms in total. The SMILES string of the molecule is CCOc1nc(CC)c(CNC(=O)C(S)CC(C)(C)C)n1Cc1ccc(-c2ccccc2C(=O)O)cc1F. The van der Waals surface area contributed by atoms with Gasteiger partial charge in [0, 0.05) is 5.56 Å². The van der Waals surface area contributed by atoms with Gasteiger partial charge in [-0.1, -0.05) is 58.0 Å². The van der Waals surface area contributed by atoms with Crippen LogP contribution in [0.2, 0.25) is 0 Å². The maximum absolute atomic E-state index is 15.4. The third-order valence-electron chi connectivity index (χ3n) is 6.12. The largest absolute Gasteiger partial charge is 0.478 e. The molecule has 2 aromatic carbocycles. The Kier molecular flexibility index (Phi) is 9.60. The van der Waals surface area contributed by atoms with Crippen LogP contribution in [0.1, 0.15) is 68.3 Å². The predicted molar refractivity (Wildman–Crippen MR) is 149 cm³/mol. The maximum atomic E-state index is 15.4. The van der Waals surface area contributed by atoms with Gasteiger partial charge in [-0.25, -0.2) is 9.18 Å². The van der Waals surface area contributed by atoms with Gasteiger partial charge in [-0.3, -0.25) is 9.36 Å². The standard InChI is InChI=1S/C29H36FN3O4S/c1-6-23-24(16-31-26(34)25(38)15-29(3,4)5)33(28(32-23)37-7-2)17-19-13-12-18(14-22(19)30)20-10-8-9-11-21(20)27(35)36/h8-14,25,38H,6-7,15-17H2,1-5H3,(H,31,34)(H,35,36). The molecule has 0 aliphatic heterocycles. The van der Waals surface area contributed by atoms with Crippen LogP contribution in [0, 0.1) is 11.2 Å². The molecular formula is C29H36FN3O4S. The summed E-state index contributed by atoms with van der Waals surface area (Å²) in [4.78, 5) is 29.0. The number of nitrogens with one attached hydrogen (secondary N) is 1. The van der Waals surface area contributed by atoms with E-state index in [2.05, 4.69) is 43.7 Å². The number of aromatic carboxylic acids is 1. The quantitative estimate of drug-likeness (QED) is 0.269. The van der Waals surface area contributed by atoms with E-state index >= 15 is 4.39 Å². The molecule has 0 spiro atoms. The van der Waals surface area contributed by atoms with Crippen LogP contribution in [-0.2, 0) is 24.3 Å². The van der Waals surface area contributed by atoms with E-state index in [-0.39, 0.29) is 30.0 Å². The summed E-state index contributed by atoms with van der Waals surface area (Å²) in [5, 5.41) is 12.0. The number of halogens is 1. The van der Waals surface area contributed by atoms with Crippen LogP contribution in [0.5, 0.6) is 6.01 Å². The number of hydrogen-bond acceptors (Lipinski definition) is 5. The highest BCUT2D eigenvalue weighted by Gasteiger charge is 2.24. The van der Waals surface area contributed by atoms with Gasteiger partial charge in [0.05, 0.1) is 41.9 Å². The zero-order valence-corrected chi connectivity index (χ0v) is 23.4. The van der Waals surface area contributed by atoms with Gasteiger partial charge in [0.1, 0.15) is 5.82 Å². The number of carbonyl (C=O) groups excluding carboxylic acids is 1. The van der Waals surface area contributed by atoms with Crippen LogP contribution in [-0.4, -0.2) is 38.4 Å². The zero-order valence-electron chi connectivity index (χ0n) is 22.5. The first-order valence-electron chi connectivity index (χ1n) is 12.7. The Morgan fingerprint density at radius 1 is 1.18 bits per heavy atom. The first-order valence-corrected chi connectivity index (χ1v) is 13.2. The van der Waals surface area contributed by atoms with Crippen molar-refractivity contribution in [3.8, 4) is 17.1 Å². The molecular weight excluding hydrogens is 505 g/mol. The van der Waals surface area contributed by atoms with Gasteiger partial charge >= 0.3 is 5.97 Å². The molecule has 0 saturated carbocycles. The summed E-state index contributed by atoms with van der Waals surface area (Å²) in [6, 6.07) is 11.5. The molecule has 9 heteroatoms. The number of ether oxygens (including phenoxy) is 1. The van der Waals surface area contributed by atoms with E-state index in [1.165, 1.54) is 12.1 Å². The molecule has 3 aromatic rings. The summed E-state index contributed by atoms with van der Waals surface area (Å²) < 4.78 is 22.9. The van der Waals surface area contributed by atoms with Crippen LogP contribution in [0.3, 0.4) is 0 Å². The number of amides is 1. The van der Waals surface area contributed by atoms with Crippen molar-refractivity contribution in [3.05, 3.63) is 70.8 Å². The zero-order chi connectivity index (χ0) is 28.0. The van der Waals surface area contributed by atoms with Gasteiger partial charge in [0.15, 0.2) is 0 Å². The monoisotopic (exact) mass is 541 g/mol. The van der Waals surface area contributed by atoms with Crippen molar-refractivity contribution in [2.24, 2.45) is 5.41 Å². The van der Waals surface area contributed by atoms with Crippen LogP contribution in [0.15, 0.2) is 42.5 Å². The lowest BCUT2D eigenvalue weighted by Crippen LogP contribution is -2.34. The van der Waals surface area contributed by atoms with Crippen molar-refractivity contribution in [2.75, 3.05) is 6.61 Å². The van der Waals surface area contributed by atoms with E-state index in [1.807, 2.05) is 13.8 Å². The average Bonchev–Trinajstić information content (AvgIpc) is 3.18.